The molecule has 1 aliphatic heterocycles. The molecule has 1 fully saturated rings. The second-order valence-corrected chi connectivity index (χ2v) is 3.29. The van der Waals surface area contributed by atoms with Gasteiger partial charge in [0.2, 0.25) is 5.88 Å². The molecule has 2 rings (SSSR count). The molecular formula is C8H9N3O2S. The zero-order chi connectivity index (χ0) is 9.97. The van der Waals surface area contributed by atoms with Gasteiger partial charge >= 0.3 is 0 Å². The molecule has 1 aromatic heterocycles. The van der Waals surface area contributed by atoms with Gasteiger partial charge in [0.15, 0.2) is 5.69 Å². The van der Waals surface area contributed by atoms with E-state index in [-0.39, 0.29) is 11.1 Å². The molecule has 0 radical (unpaired) electrons. The van der Waals surface area contributed by atoms with Crippen LogP contribution in [0, 0.1) is 0 Å². The standard InChI is InChI=1S/C8H9N3O2S/c9-7(14)6-8(11-2-1-10-6)13-5-3-12-4-5/h1-2,5H,3-4H2,(H2,9,14). The molecular weight excluding hydrogens is 202 g/mol. The zero-order valence-corrected chi connectivity index (χ0v) is 8.16. The molecule has 0 bridgehead atoms. The molecule has 1 aliphatic rings. The van der Waals surface area contributed by atoms with E-state index in [1.54, 1.807) is 0 Å². The molecule has 0 unspecified atom stereocenters. The molecule has 1 aromatic rings. The molecule has 6 heteroatoms. The minimum atomic E-state index is 0.0415. The molecule has 0 aliphatic carbocycles. The van der Waals surface area contributed by atoms with Crippen molar-refractivity contribution < 1.29 is 9.47 Å². The minimum Gasteiger partial charge on any atom is -0.468 e. The van der Waals surface area contributed by atoms with E-state index in [2.05, 4.69) is 9.97 Å². The van der Waals surface area contributed by atoms with Crippen molar-refractivity contribution in [3.63, 3.8) is 0 Å². The highest BCUT2D eigenvalue weighted by atomic mass is 32.1. The van der Waals surface area contributed by atoms with Gasteiger partial charge in [-0.25, -0.2) is 9.97 Å². The van der Waals surface area contributed by atoms with Crippen LogP contribution in [0.3, 0.4) is 0 Å². The summed E-state index contributed by atoms with van der Waals surface area (Å²) in [5.74, 6) is 0.383. The number of thiocarbonyl (C=S) groups is 1. The van der Waals surface area contributed by atoms with E-state index in [0.717, 1.165) is 0 Å². The van der Waals surface area contributed by atoms with E-state index in [9.17, 15) is 0 Å². The lowest BCUT2D eigenvalue weighted by Gasteiger charge is -2.26. The highest BCUT2D eigenvalue weighted by Gasteiger charge is 2.22. The Morgan fingerprint density at radius 1 is 1.50 bits per heavy atom. The van der Waals surface area contributed by atoms with Crippen molar-refractivity contribution in [2.45, 2.75) is 6.10 Å². The predicted octanol–water partition coefficient (Wildman–Crippen LogP) is -0.112. The van der Waals surface area contributed by atoms with Crippen molar-refractivity contribution >= 4 is 17.2 Å². The van der Waals surface area contributed by atoms with E-state index >= 15 is 0 Å². The maximum atomic E-state index is 5.48. The molecule has 2 heterocycles. The van der Waals surface area contributed by atoms with Crippen molar-refractivity contribution in [3.8, 4) is 5.88 Å². The first-order valence-electron chi connectivity index (χ1n) is 4.12. The van der Waals surface area contributed by atoms with Crippen molar-refractivity contribution in [3.05, 3.63) is 18.1 Å². The van der Waals surface area contributed by atoms with Gasteiger partial charge in [0.1, 0.15) is 11.1 Å². The first kappa shape index (κ1) is 9.29. The number of nitrogens with zero attached hydrogens (tertiary/aromatic N) is 2. The average Bonchev–Trinajstić information content (AvgIpc) is 2.12. The smallest absolute Gasteiger partial charge is 0.243 e. The van der Waals surface area contributed by atoms with Crippen LogP contribution >= 0.6 is 12.2 Å². The minimum absolute atomic E-state index is 0.0415. The lowest BCUT2D eigenvalue weighted by molar-refractivity contribution is -0.0815. The van der Waals surface area contributed by atoms with Crippen molar-refractivity contribution in [1.82, 2.24) is 9.97 Å². The van der Waals surface area contributed by atoms with Gasteiger partial charge in [-0.3, -0.25) is 0 Å². The van der Waals surface area contributed by atoms with Gasteiger partial charge in [0, 0.05) is 12.4 Å². The molecule has 0 atom stereocenters. The van der Waals surface area contributed by atoms with Gasteiger partial charge in [-0.1, -0.05) is 12.2 Å². The highest BCUT2D eigenvalue weighted by molar-refractivity contribution is 7.80. The van der Waals surface area contributed by atoms with Gasteiger partial charge in [0.05, 0.1) is 13.2 Å². The first-order valence-corrected chi connectivity index (χ1v) is 4.53. The number of hydrogen-bond acceptors (Lipinski definition) is 5. The number of ether oxygens (including phenoxy) is 2. The van der Waals surface area contributed by atoms with Crippen LogP contribution in [-0.2, 0) is 4.74 Å². The molecule has 1 saturated heterocycles. The predicted molar refractivity (Wildman–Crippen MR) is 53.2 cm³/mol. The maximum Gasteiger partial charge on any atom is 0.243 e. The summed E-state index contributed by atoms with van der Waals surface area (Å²) in [6.07, 6.45) is 3.11. The fourth-order valence-electron chi connectivity index (χ4n) is 1.02. The van der Waals surface area contributed by atoms with Gasteiger partial charge in [-0.2, -0.15) is 0 Å². The summed E-state index contributed by atoms with van der Waals surface area (Å²) in [5.41, 5.74) is 5.89. The monoisotopic (exact) mass is 211 g/mol. The molecule has 74 valence electrons. The van der Waals surface area contributed by atoms with Crippen LogP contribution in [0.25, 0.3) is 0 Å². The van der Waals surface area contributed by atoms with E-state index in [4.69, 9.17) is 27.4 Å². The third kappa shape index (κ3) is 1.80. The molecule has 2 N–H and O–H groups in total. The SMILES string of the molecule is NC(=S)c1nccnc1OC1COC1. The second-order valence-electron chi connectivity index (χ2n) is 2.85. The maximum absolute atomic E-state index is 5.48. The van der Waals surface area contributed by atoms with Crippen LogP contribution in [0.4, 0.5) is 0 Å². The third-order valence-electron chi connectivity index (χ3n) is 1.78. The number of hydrogen-bond donors (Lipinski definition) is 1. The van der Waals surface area contributed by atoms with Crippen LogP contribution < -0.4 is 10.5 Å². The topological polar surface area (TPSA) is 70.3 Å². The molecule has 0 saturated carbocycles. The Balaban J connectivity index is 2.17. The Hall–Kier alpha value is -1.27. The summed E-state index contributed by atoms with van der Waals surface area (Å²) in [5, 5.41) is 0. The van der Waals surface area contributed by atoms with Crippen molar-refractivity contribution in [2.24, 2.45) is 5.73 Å². The van der Waals surface area contributed by atoms with Crippen molar-refractivity contribution in [2.75, 3.05) is 13.2 Å². The molecule has 0 aromatic carbocycles. The molecule has 5 nitrogen and oxygen atoms in total. The summed E-state index contributed by atoms with van der Waals surface area (Å²) < 4.78 is 10.4. The second kappa shape index (κ2) is 3.85. The quantitative estimate of drug-likeness (QED) is 0.703. The number of aromatic nitrogens is 2. The van der Waals surface area contributed by atoms with Crippen LogP contribution in [0.1, 0.15) is 5.69 Å². The Bertz CT molecular complexity index is 354. The van der Waals surface area contributed by atoms with Gasteiger partial charge in [0.25, 0.3) is 0 Å². The van der Waals surface area contributed by atoms with E-state index < -0.39 is 0 Å². The van der Waals surface area contributed by atoms with E-state index in [1.807, 2.05) is 0 Å². The fraction of sp³-hybridized carbons (Fsp3) is 0.375. The van der Waals surface area contributed by atoms with E-state index in [1.165, 1.54) is 12.4 Å². The van der Waals surface area contributed by atoms with Crippen molar-refractivity contribution in [1.29, 1.82) is 0 Å². The van der Waals surface area contributed by atoms with Crippen LogP contribution in [0.15, 0.2) is 12.4 Å². The molecule has 0 spiro atoms. The Morgan fingerprint density at radius 3 is 2.79 bits per heavy atom. The number of rotatable bonds is 3. The lowest BCUT2D eigenvalue weighted by atomic mass is 10.3. The summed E-state index contributed by atoms with van der Waals surface area (Å²) in [6.45, 7) is 1.15. The Morgan fingerprint density at radius 2 is 2.21 bits per heavy atom. The van der Waals surface area contributed by atoms with Crippen LogP contribution in [0.5, 0.6) is 5.88 Å². The molecule has 0 amide bonds. The normalized spacial score (nSPS) is 16.0. The van der Waals surface area contributed by atoms with E-state index in [0.29, 0.717) is 24.8 Å². The average molecular weight is 211 g/mol. The number of nitrogens with two attached hydrogens (primary N) is 1. The van der Waals surface area contributed by atoms with Gasteiger partial charge < -0.3 is 15.2 Å². The summed E-state index contributed by atoms with van der Waals surface area (Å²) in [7, 11) is 0. The highest BCUT2D eigenvalue weighted by Crippen LogP contribution is 2.16. The Kier molecular flexibility index (Phi) is 2.55. The summed E-state index contributed by atoms with van der Waals surface area (Å²) >= 11 is 4.82. The van der Waals surface area contributed by atoms with Crippen LogP contribution in [0.2, 0.25) is 0 Å². The van der Waals surface area contributed by atoms with Gasteiger partial charge in [-0.15, -0.1) is 0 Å². The van der Waals surface area contributed by atoms with Gasteiger partial charge in [-0.05, 0) is 0 Å². The van der Waals surface area contributed by atoms with Crippen LogP contribution in [-0.4, -0.2) is 34.3 Å². The Labute approximate surface area is 86.3 Å². The summed E-state index contributed by atoms with van der Waals surface area (Å²) in [6, 6.07) is 0. The largest absolute Gasteiger partial charge is 0.468 e. The molecule has 14 heavy (non-hydrogen) atoms. The zero-order valence-electron chi connectivity index (χ0n) is 7.34. The fourth-order valence-corrected chi connectivity index (χ4v) is 1.16. The lowest BCUT2D eigenvalue weighted by Crippen LogP contribution is -2.39. The first-order chi connectivity index (χ1) is 6.77. The third-order valence-corrected chi connectivity index (χ3v) is 1.98. The summed E-state index contributed by atoms with van der Waals surface area (Å²) in [4.78, 5) is 8.20.